The van der Waals surface area contributed by atoms with Gasteiger partial charge >= 0.3 is 6.18 Å². The molecule has 4 rings (SSSR count). The van der Waals surface area contributed by atoms with E-state index in [-0.39, 0.29) is 23.6 Å². The molecule has 1 heterocycles. The van der Waals surface area contributed by atoms with Gasteiger partial charge in [0.1, 0.15) is 0 Å². The Bertz CT molecular complexity index is 2240. The van der Waals surface area contributed by atoms with Crippen LogP contribution in [0.15, 0.2) is 85.1 Å². The highest BCUT2D eigenvalue weighted by molar-refractivity contribution is 6.08. The molecule has 3 amide bonds. The van der Waals surface area contributed by atoms with Crippen molar-refractivity contribution in [3.63, 3.8) is 0 Å². The number of hydrogen-bond acceptors (Lipinski definition) is 14. The fourth-order valence-electron chi connectivity index (χ4n) is 7.19. The van der Waals surface area contributed by atoms with E-state index >= 15 is 0 Å². The van der Waals surface area contributed by atoms with E-state index in [2.05, 4.69) is 25.4 Å². The molecule has 0 saturated carbocycles. The summed E-state index contributed by atoms with van der Waals surface area (Å²) in [6.07, 6.45) is -3.05. The fourth-order valence-corrected chi connectivity index (χ4v) is 7.19. The number of rotatable bonds is 37. The Morgan fingerprint density at radius 2 is 1.15 bits per heavy atom. The van der Waals surface area contributed by atoms with E-state index in [0.29, 0.717) is 160 Å². The van der Waals surface area contributed by atoms with Crippen LogP contribution in [0.1, 0.15) is 56.0 Å². The van der Waals surface area contributed by atoms with Crippen molar-refractivity contribution in [2.45, 2.75) is 26.6 Å². The van der Waals surface area contributed by atoms with Gasteiger partial charge < -0.3 is 58.3 Å². The molecule has 0 fully saturated rings. The highest BCUT2D eigenvalue weighted by Crippen LogP contribution is 2.33. The fraction of sp³-hybridized carbons (Fsp3) is 0.509. The monoisotopic (exact) mass is 1030 g/mol. The Morgan fingerprint density at radius 1 is 0.589 bits per heavy atom. The molecule has 0 aliphatic rings. The van der Waals surface area contributed by atoms with Gasteiger partial charge in [0, 0.05) is 101 Å². The summed E-state index contributed by atoms with van der Waals surface area (Å²) in [6, 6.07) is 19.9. The van der Waals surface area contributed by atoms with Gasteiger partial charge in [0.15, 0.2) is 0 Å². The average molecular weight is 1030 g/mol. The van der Waals surface area contributed by atoms with E-state index in [4.69, 9.17) is 37.9 Å². The molecule has 17 nitrogen and oxygen atoms in total. The molecule has 0 unspecified atom stereocenters. The topological polar surface area (TPSA) is 172 Å². The van der Waals surface area contributed by atoms with Crippen LogP contribution < -0.4 is 15.5 Å². The van der Waals surface area contributed by atoms with Crippen LogP contribution in [0.5, 0.6) is 0 Å². The SMILES string of the molecule is CCN(CC)c1ccc(NC(=O)c2cccc(C(=O)N(C)CCN(CCOC)CCOCCOCCOCCOCCOCCOCCOC)c2)c(-c2cc(C(=O)NCc3cccc(C(F)(F)F)c3)ccn2)c1. The summed E-state index contributed by atoms with van der Waals surface area (Å²) in [5.41, 5.74) is 2.48. The van der Waals surface area contributed by atoms with Crippen LogP contribution in [0.4, 0.5) is 24.5 Å². The van der Waals surface area contributed by atoms with Crippen molar-refractivity contribution in [1.29, 1.82) is 0 Å². The number of hydrogen-bond donors (Lipinski definition) is 2. The Balaban J connectivity index is 1.25. The second-order valence-electron chi connectivity index (χ2n) is 16.5. The number of nitrogens with one attached hydrogen (secondary N) is 2. The molecule has 4 aromatic rings. The van der Waals surface area contributed by atoms with Crippen molar-refractivity contribution >= 4 is 29.1 Å². The molecule has 20 heteroatoms. The van der Waals surface area contributed by atoms with Gasteiger partial charge in [-0.25, -0.2) is 0 Å². The van der Waals surface area contributed by atoms with Crippen molar-refractivity contribution in [3.05, 3.63) is 113 Å². The molecule has 0 bridgehead atoms. The van der Waals surface area contributed by atoms with Gasteiger partial charge in [-0.05, 0) is 80.1 Å². The summed E-state index contributed by atoms with van der Waals surface area (Å²) in [6.45, 7) is 14.3. The van der Waals surface area contributed by atoms with Crippen molar-refractivity contribution in [3.8, 4) is 11.3 Å². The first-order chi connectivity index (χ1) is 35.4. The average Bonchev–Trinajstić information content (AvgIpc) is 3.40. The molecular formula is C53H73F3N6O11. The number of carbonyl (C=O) groups excluding carboxylic acids is 3. The van der Waals surface area contributed by atoms with Crippen LogP contribution in [-0.2, 0) is 50.6 Å². The number of halogens is 3. The summed E-state index contributed by atoms with van der Waals surface area (Å²) in [4.78, 5) is 51.4. The van der Waals surface area contributed by atoms with Gasteiger partial charge in [0.25, 0.3) is 17.7 Å². The zero-order valence-corrected chi connectivity index (χ0v) is 42.8. The number of aromatic nitrogens is 1. The Labute approximate surface area is 427 Å². The number of carbonyl (C=O) groups is 3. The van der Waals surface area contributed by atoms with Crippen molar-refractivity contribution < 1.29 is 65.4 Å². The van der Waals surface area contributed by atoms with Gasteiger partial charge in [0.2, 0.25) is 0 Å². The lowest BCUT2D eigenvalue weighted by molar-refractivity contribution is -0.137. The molecule has 0 aliphatic carbocycles. The summed E-state index contributed by atoms with van der Waals surface area (Å²) in [5, 5.41) is 5.68. The molecule has 0 saturated heterocycles. The van der Waals surface area contributed by atoms with E-state index in [1.807, 2.05) is 26.0 Å². The maximum Gasteiger partial charge on any atom is 0.416 e. The van der Waals surface area contributed by atoms with E-state index < -0.39 is 23.6 Å². The minimum absolute atomic E-state index is 0.126. The standard InChI is InChI=1S/C53H73F3N6O11/c1-6-62(7-2)46-14-15-48(47(39-46)49-38-43(16-17-57-49)50(63)58-40-41-10-8-13-45(36-41)53(54,55)56)59-51(64)42-11-9-12-44(37-42)52(65)60(3)18-19-61(20-22-66-4)21-23-68-26-27-70-30-31-72-34-35-73-33-32-71-29-28-69-25-24-67-5/h8-17,36-39H,6-7,18-35,40H2,1-5H3,(H,58,63)(H,59,64). The zero-order valence-electron chi connectivity index (χ0n) is 42.8. The van der Waals surface area contributed by atoms with Crippen LogP contribution in [0.2, 0.25) is 0 Å². The third-order valence-corrected chi connectivity index (χ3v) is 11.3. The predicted octanol–water partition coefficient (Wildman–Crippen LogP) is 6.56. The molecular weight excluding hydrogens is 954 g/mol. The number of amides is 3. The first-order valence-corrected chi connectivity index (χ1v) is 24.5. The summed E-state index contributed by atoms with van der Waals surface area (Å²) in [5.74, 6) is -1.24. The molecule has 73 heavy (non-hydrogen) atoms. The third kappa shape index (κ3) is 22.2. The van der Waals surface area contributed by atoms with Gasteiger partial charge in [-0.2, -0.15) is 13.2 Å². The minimum atomic E-state index is -4.51. The van der Waals surface area contributed by atoms with Crippen LogP contribution >= 0.6 is 0 Å². The largest absolute Gasteiger partial charge is 0.416 e. The smallest absolute Gasteiger partial charge is 0.383 e. The van der Waals surface area contributed by atoms with E-state index in [1.54, 1.807) is 62.6 Å². The molecule has 0 atom stereocenters. The summed E-state index contributed by atoms with van der Waals surface area (Å²) in [7, 11) is 4.98. The lowest BCUT2D eigenvalue weighted by atomic mass is 10.0. The molecule has 1 aromatic heterocycles. The maximum absolute atomic E-state index is 13.9. The first-order valence-electron chi connectivity index (χ1n) is 24.5. The molecule has 0 aliphatic heterocycles. The number of likely N-dealkylation sites (N-methyl/N-ethyl adjacent to an activating group) is 1. The van der Waals surface area contributed by atoms with E-state index in [0.717, 1.165) is 17.8 Å². The maximum atomic E-state index is 13.9. The molecule has 2 N–H and O–H groups in total. The highest BCUT2D eigenvalue weighted by atomic mass is 19.4. The third-order valence-electron chi connectivity index (χ3n) is 11.3. The van der Waals surface area contributed by atoms with Crippen LogP contribution in [0.25, 0.3) is 11.3 Å². The van der Waals surface area contributed by atoms with Crippen LogP contribution in [0, 0.1) is 0 Å². The molecule has 0 radical (unpaired) electrons. The Hall–Kier alpha value is -5.55. The van der Waals surface area contributed by atoms with Crippen LogP contribution in [0.3, 0.4) is 0 Å². The molecule has 3 aromatic carbocycles. The normalized spacial score (nSPS) is 11.5. The lowest BCUT2D eigenvalue weighted by Crippen LogP contribution is -2.39. The molecule has 402 valence electrons. The minimum Gasteiger partial charge on any atom is -0.383 e. The van der Waals surface area contributed by atoms with Crippen LogP contribution in [-0.4, -0.2) is 186 Å². The zero-order chi connectivity index (χ0) is 52.7. The highest BCUT2D eigenvalue weighted by Gasteiger charge is 2.30. The number of ether oxygens (including phenoxy) is 8. The Kier molecular flexibility index (Phi) is 28.0. The number of alkyl halides is 3. The number of nitrogens with zero attached hydrogens (tertiary/aromatic N) is 4. The summed E-state index contributed by atoms with van der Waals surface area (Å²) < 4.78 is 83.4. The van der Waals surface area contributed by atoms with Crippen molar-refractivity contribution in [2.75, 3.05) is 163 Å². The summed E-state index contributed by atoms with van der Waals surface area (Å²) >= 11 is 0. The second-order valence-corrected chi connectivity index (χ2v) is 16.5. The quantitative estimate of drug-likeness (QED) is 0.0466. The van der Waals surface area contributed by atoms with Gasteiger partial charge in [-0.1, -0.05) is 18.2 Å². The number of anilines is 2. The van der Waals surface area contributed by atoms with E-state index in [1.165, 1.54) is 24.4 Å². The number of pyridine rings is 1. The second kappa shape index (κ2) is 34.0. The molecule has 0 spiro atoms. The van der Waals surface area contributed by atoms with Crippen molar-refractivity contribution in [2.24, 2.45) is 0 Å². The number of methoxy groups -OCH3 is 2. The lowest BCUT2D eigenvalue weighted by Gasteiger charge is -2.25. The Morgan fingerprint density at radius 3 is 1.75 bits per heavy atom. The van der Waals surface area contributed by atoms with Gasteiger partial charge in [-0.15, -0.1) is 0 Å². The van der Waals surface area contributed by atoms with Gasteiger partial charge in [0.05, 0.1) is 109 Å². The predicted molar refractivity (Wildman–Crippen MR) is 272 cm³/mol. The van der Waals surface area contributed by atoms with E-state index in [9.17, 15) is 27.6 Å². The number of benzene rings is 3. The van der Waals surface area contributed by atoms with Crippen molar-refractivity contribution in [1.82, 2.24) is 20.1 Å². The first kappa shape index (κ1) is 60.0. The van der Waals surface area contributed by atoms with Gasteiger partial charge in [-0.3, -0.25) is 24.3 Å².